The lowest BCUT2D eigenvalue weighted by Gasteiger charge is -2.60. The van der Waals surface area contributed by atoms with Crippen LogP contribution in [0.2, 0.25) is 0 Å². The number of nitrogens with zero attached hydrogens (tertiary/aromatic N) is 1. The summed E-state index contributed by atoms with van der Waals surface area (Å²) in [5.74, 6) is -1.03. The number of benzene rings is 1. The molecule has 0 bridgehead atoms. The lowest BCUT2D eigenvalue weighted by Crippen LogP contribution is -2.70. The molecule has 6 nitrogen and oxygen atoms in total. The summed E-state index contributed by atoms with van der Waals surface area (Å²) in [6.07, 6.45) is 0.739. The van der Waals surface area contributed by atoms with Crippen molar-refractivity contribution in [3.8, 4) is 5.75 Å². The Morgan fingerprint density at radius 1 is 1.41 bits per heavy atom. The van der Waals surface area contributed by atoms with Crippen LogP contribution in [0.3, 0.4) is 0 Å². The molecule has 0 unspecified atom stereocenters. The number of piperidine rings is 1. The monoisotopic (exact) mass is 375 g/mol. The number of methoxy groups -OCH3 is 1. The van der Waals surface area contributed by atoms with Crippen LogP contribution >= 0.6 is 0 Å². The van der Waals surface area contributed by atoms with Gasteiger partial charge in [0, 0.05) is 23.8 Å². The van der Waals surface area contributed by atoms with Crippen molar-refractivity contribution in [2.75, 3.05) is 20.7 Å². The zero-order valence-electron chi connectivity index (χ0n) is 16.5. The van der Waals surface area contributed by atoms with Gasteiger partial charge in [-0.1, -0.05) is 6.07 Å². The largest absolute Gasteiger partial charge is 0.497 e. The van der Waals surface area contributed by atoms with Crippen LogP contribution < -0.4 is 4.74 Å². The van der Waals surface area contributed by atoms with Crippen molar-refractivity contribution in [3.05, 3.63) is 29.3 Å². The molecule has 0 aromatic heterocycles. The van der Waals surface area contributed by atoms with E-state index in [1.807, 2.05) is 39.1 Å². The third-order valence-corrected chi connectivity index (χ3v) is 6.94. The number of hydrogen-bond acceptors (Lipinski definition) is 5. The number of likely N-dealkylation sites (tertiary alicyclic amines) is 1. The van der Waals surface area contributed by atoms with Gasteiger partial charge < -0.3 is 19.8 Å². The average Bonchev–Trinajstić information content (AvgIpc) is 2.61. The number of ketones is 1. The van der Waals surface area contributed by atoms with Gasteiger partial charge >= 0.3 is 5.97 Å². The molecule has 1 saturated carbocycles. The molecule has 27 heavy (non-hydrogen) atoms. The lowest BCUT2D eigenvalue weighted by atomic mass is 9.51. The molecule has 4 atom stereocenters. The fraction of sp³-hybridized carbons (Fsp3) is 0.619. The van der Waals surface area contributed by atoms with Crippen LogP contribution in [0.4, 0.5) is 0 Å². The van der Waals surface area contributed by atoms with Crippen LogP contribution in [-0.2, 0) is 15.0 Å². The van der Waals surface area contributed by atoms with E-state index in [2.05, 4.69) is 4.90 Å². The molecule has 3 rings (SSSR count). The number of rotatable bonds is 4. The van der Waals surface area contributed by atoms with Gasteiger partial charge in [0.15, 0.2) is 0 Å². The van der Waals surface area contributed by atoms with Crippen molar-refractivity contribution in [2.24, 2.45) is 5.92 Å². The van der Waals surface area contributed by atoms with Crippen molar-refractivity contribution in [2.45, 2.75) is 56.6 Å². The number of carbonyl (C=O) groups is 2. The first-order valence-corrected chi connectivity index (χ1v) is 9.47. The first kappa shape index (κ1) is 19.8. The van der Waals surface area contributed by atoms with E-state index in [4.69, 9.17) is 4.74 Å². The molecule has 1 aromatic rings. The van der Waals surface area contributed by atoms with E-state index < -0.39 is 22.9 Å². The zero-order valence-corrected chi connectivity index (χ0v) is 16.5. The Hall–Kier alpha value is -1.92. The minimum atomic E-state index is -1.19. The third kappa shape index (κ3) is 3.05. The Bertz CT molecular complexity index is 763. The average molecular weight is 375 g/mol. The van der Waals surface area contributed by atoms with Gasteiger partial charge in [-0.3, -0.25) is 9.59 Å². The standard InChI is InChI=1S/C21H29NO5/c1-13-5-6-16(27-4)10-17(13)20-7-8-22(3)14(2)21(20,26)11-15(9-19(24)25)18(23)12-20/h5-6,10,14-15,26H,7-9,11-12H2,1-4H3,(H,24,25)/t14-,15+,20-,21-/m1/s1. The minimum Gasteiger partial charge on any atom is -0.497 e. The topological polar surface area (TPSA) is 87.1 Å². The number of aliphatic hydroxyl groups is 1. The quantitative estimate of drug-likeness (QED) is 0.839. The van der Waals surface area contributed by atoms with E-state index in [9.17, 15) is 19.8 Å². The number of hydrogen-bond donors (Lipinski definition) is 2. The smallest absolute Gasteiger partial charge is 0.304 e. The highest BCUT2D eigenvalue weighted by Crippen LogP contribution is 2.55. The maximum Gasteiger partial charge on any atom is 0.304 e. The SMILES string of the molecule is COc1ccc(C)c([C@]23CCN(C)[C@H](C)[C@]2(O)C[C@H](CC(=O)O)C(=O)C3)c1. The van der Waals surface area contributed by atoms with Crippen molar-refractivity contribution >= 4 is 11.8 Å². The van der Waals surface area contributed by atoms with Gasteiger partial charge in [0.1, 0.15) is 11.5 Å². The summed E-state index contributed by atoms with van der Waals surface area (Å²) >= 11 is 0. The van der Waals surface area contributed by atoms with Crippen LogP contribution in [0.15, 0.2) is 18.2 Å². The fourth-order valence-electron chi connectivity index (χ4n) is 5.18. The molecule has 0 amide bonds. The highest BCUT2D eigenvalue weighted by atomic mass is 16.5. The minimum absolute atomic E-state index is 0.0685. The summed E-state index contributed by atoms with van der Waals surface area (Å²) in [7, 11) is 3.57. The summed E-state index contributed by atoms with van der Waals surface area (Å²) in [5.41, 5.74) is 0.0244. The summed E-state index contributed by atoms with van der Waals surface area (Å²) in [4.78, 5) is 26.3. The van der Waals surface area contributed by atoms with E-state index in [0.29, 0.717) is 12.2 Å². The molecule has 6 heteroatoms. The predicted octanol–water partition coefficient (Wildman–Crippen LogP) is 2.15. The fourth-order valence-corrected chi connectivity index (χ4v) is 5.18. The highest BCUT2D eigenvalue weighted by Gasteiger charge is 2.62. The molecule has 1 aliphatic heterocycles. The molecule has 2 fully saturated rings. The van der Waals surface area contributed by atoms with Crippen molar-refractivity contribution in [1.29, 1.82) is 0 Å². The molecule has 2 aliphatic rings. The third-order valence-electron chi connectivity index (χ3n) is 6.94. The van der Waals surface area contributed by atoms with Crippen LogP contribution in [0.1, 0.15) is 43.7 Å². The van der Waals surface area contributed by atoms with Crippen LogP contribution in [0, 0.1) is 12.8 Å². The summed E-state index contributed by atoms with van der Waals surface area (Å²) in [6.45, 7) is 4.72. The molecule has 1 aliphatic carbocycles. The van der Waals surface area contributed by atoms with Gasteiger partial charge in [-0.05, 0) is 63.5 Å². The second-order valence-electron chi connectivity index (χ2n) is 8.24. The molecule has 0 radical (unpaired) electrons. The number of carbonyl (C=O) groups excluding carboxylic acids is 1. The maximum absolute atomic E-state index is 12.9. The highest BCUT2D eigenvalue weighted by molar-refractivity contribution is 5.87. The first-order valence-electron chi connectivity index (χ1n) is 9.47. The van der Waals surface area contributed by atoms with Crippen LogP contribution in [-0.4, -0.2) is 59.2 Å². The number of aryl methyl sites for hydroxylation is 1. The van der Waals surface area contributed by atoms with Crippen molar-refractivity contribution in [1.82, 2.24) is 4.90 Å². The van der Waals surface area contributed by atoms with Gasteiger partial charge in [0.05, 0.1) is 19.1 Å². The molecule has 148 valence electrons. The Morgan fingerprint density at radius 3 is 2.74 bits per heavy atom. The number of Topliss-reactive ketones (excluding diaryl/α,β-unsaturated/α-hetero) is 1. The molecule has 2 N–H and O–H groups in total. The van der Waals surface area contributed by atoms with E-state index in [1.54, 1.807) is 7.11 Å². The maximum atomic E-state index is 12.9. The molecule has 0 spiro atoms. The van der Waals surface area contributed by atoms with Gasteiger partial charge in [-0.25, -0.2) is 0 Å². The zero-order chi connectivity index (χ0) is 20.0. The van der Waals surface area contributed by atoms with E-state index in [1.165, 1.54) is 0 Å². The Kier molecular flexibility index (Phi) is 5.08. The van der Waals surface area contributed by atoms with E-state index in [0.717, 1.165) is 17.7 Å². The number of ether oxygens (including phenoxy) is 1. The van der Waals surface area contributed by atoms with E-state index in [-0.39, 0.29) is 31.1 Å². The number of carboxylic acid groups (broad SMARTS) is 1. The Morgan fingerprint density at radius 2 is 2.11 bits per heavy atom. The molecule has 1 saturated heterocycles. The number of carboxylic acids is 1. The van der Waals surface area contributed by atoms with Crippen LogP contribution in [0.5, 0.6) is 5.75 Å². The summed E-state index contributed by atoms with van der Waals surface area (Å²) in [6, 6.07) is 5.58. The predicted molar refractivity (Wildman–Crippen MR) is 101 cm³/mol. The normalized spacial score (nSPS) is 34.2. The van der Waals surface area contributed by atoms with Crippen LogP contribution in [0.25, 0.3) is 0 Å². The van der Waals surface area contributed by atoms with E-state index >= 15 is 0 Å². The molecular formula is C21H29NO5. The lowest BCUT2D eigenvalue weighted by molar-refractivity contribution is -0.173. The van der Waals surface area contributed by atoms with Crippen molar-refractivity contribution in [3.63, 3.8) is 0 Å². The first-order chi connectivity index (χ1) is 12.6. The van der Waals surface area contributed by atoms with Gasteiger partial charge in [-0.2, -0.15) is 0 Å². The van der Waals surface area contributed by atoms with Gasteiger partial charge in [0.25, 0.3) is 0 Å². The Labute approximate surface area is 160 Å². The molecule has 1 heterocycles. The second kappa shape index (κ2) is 6.91. The summed E-state index contributed by atoms with van der Waals surface area (Å²) in [5, 5.41) is 21.2. The molecular weight excluding hydrogens is 346 g/mol. The number of aliphatic carboxylic acids is 1. The van der Waals surface area contributed by atoms with Crippen molar-refractivity contribution < 1.29 is 24.5 Å². The van der Waals surface area contributed by atoms with Gasteiger partial charge in [0.2, 0.25) is 0 Å². The number of fused-ring (bicyclic) bond motifs is 1. The Balaban J connectivity index is 2.16. The second-order valence-corrected chi connectivity index (χ2v) is 8.24. The molecule has 1 aromatic carbocycles. The summed E-state index contributed by atoms with van der Waals surface area (Å²) < 4.78 is 5.40. The number of likely N-dealkylation sites (N-methyl/N-ethyl adjacent to an activating group) is 1. The van der Waals surface area contributed by atoms with Gasteiger partial charge in [-0.15, -0.1) is 0 Å².